The second kappa shape index (κ2) is 9.01. The summed E-state index contributed by atoms with van der Waals surface area (Å²) < 4.78 is 27.2. The Balaban J connectivity index is 1.31. The minimum absolute atomic E-state index is 0.0325. The smallest absolute Gasteiger partial charge is 0.243 e. The maximum Gasteiger partial charge on any atom is 0.243 e. The van der Waals surface area contributed by atoms with Crippen LogP contribution in [0.1, 0.15) is 31.7 Å². The monoisotopic (exact) mass is 441 g/mol. The molecule has 1 N–H and O–H groups in total. The van der Waals surface area contributed by atoms with Gasteiger partial charge in [0.05, 0.1) is 4.90 Å². The van der Waals surface area contributed by atoms with Crippen molar-refractivity contribution < 1.29 is 13.2 Å². The molecule has 2 aliphatic heterocycles. The molecule has 2 heterocycles. The second-order valence-corrected chi connectivity index (χ2v) is 10.8. The first kappa shape index (κ1) is 21.8. The third kappa shape index (κ3) is 4.93. The van der Waals surface area contributed by atoms with Crippen molar-refractivity contribution in [2.45, 2.75) is 38.0 Å². The fourth-order valence-electron chi connectivity index (χ4n) is 4.39. The normalized spacial score (nSPS) is 20.7. The van der Waals surface area contributed by atoms with Crippen molar-refractivity contribution in [3.8, 4) is 0 Å². The first-order valence-electron chi connectivity index (χ1n) is 11.1. The molecule has 2 aromatic carbocycles. The average Bonchev–Trinajstić information content (AvgIpc) is 3.21. The zero-order valence-electron chi connectivity index (χ0n) is 18.3. The Bertz CT molecular complexity index is 1010. The molecule has 0 aliphatic carbocycles. The lowest BCUT2D eigenvalue weighted by atomic mass is 9.97. The fourth-order valence-corrected chi connectivity index (χ4v) is 5.86. The Morgan fingerprint density at radius 3 is 2.16 bits per heavy atom. The zero-order chi connectivity index (χ0) is 22.0. The van der Waals surface area contributed by atoms with E-state index < -0.39 is 10.0 Å². The topological polar surface area (TPSA) is 69.7 Å². The molecule has 2 aromatic rings. The molecular formula is C24H31N3O3S. The van der Waals surface area contributed by atoms with Crippen LogP contribution in [0.4, 0.5) is 11.4 Å². The largest absolute Gasteiger partial charge is 0.371 e. The summed E-state index contributed by atoms with van der Waals surface area (Å²) in [6.45, 7) is 7.08. The predicted molar refractivity (Wildman–Crippen MR) is 124 cm³/mol. The summed E-state index contributed by atoms with van der Waals surface area (Å²) in [6, 6.07) is 14.9. The minimum atomic E-state index is -3.51. The number of benzene rings is 2. The van der Waals surface area contributed by atoms with Gasteiger partial charge in [-0.3, -0.25) is 4.79 Å². The van der Waals surface area contributed by atoms with Gasteiger partial charge in [0.1, 0.15) is 0 Å². The highest BCUT2D eigenvalue weighted by molar-refractivity contribution is 7.89. The number of anilines is 2. The molecule has 166 valence electrons. The summed E-state index contributed by atoms with van der Waals surface area (Å²) in [7, 11) is -3.51. The molecule has 4 rings (SSSR count). The van der Waals surface area contributed by atoms with Gasteiger partial charge in [-0.15, -0.1) is 0 Å². The lowest BCUT2D eigenvalue weighted by Gasteiger charge is -2.30. The van der Waals surface area contributed by atoms with Crippen molar-refractivity contribution in [1.29, 1.82) is 0 Å². The molecule has 7 heteroatoms. The molecule has 1 unspecified atom stereocenters. The molecule has 0 radical (unpaired) electrons. The number of hydrogen-bond donors (Lipinski definition) is 1. The Hall–Kier alpha value is -2.38. The van der Waals surface area contributed by atoms with Gasteiger partial charge in [0.2, 0.25) is 15.9 Å². The van der Waals surface area contributed by atoms with Crippen molar-refractivity contribution in [3.05, 3.63) is 54.1 Å². The maximum atomic E-state index is 12.8. The number of carbonyl (C=O) groups excluding carboxylic acids is 1. The predicted octanol–water partition coefficient (Wildman–Crippen LogP) is 3.88. The van der Waals surface area contributed by atoms with Crippen molar-refractivity contribution >= 4 is 27.3 Å². The van der Waals surface area contributed by atoms with E-state index in [0.717, 1.165) is 30.3 Å². The van der Waals surface area contributed by atoms with Gasteiger partial charge in [-0.05, 0) is 68.5 Å². The quantitative estimate of drug-likeness (QED) is 0.765. The standard InChI is InChI=1S/C24H31N3O3S/c1-18-3-9-23(10-4-18)31(29,30)27-15-12-20(13-16-27)24(28)25-21-5-7-22(8-6-21)26-14-11-19(2)17-26/h3-10,19-20H,11-17H2,1-2H3,(H,25,28). The number of hydrogen-bond acceptors (Lipinski definition) is 4. The van der Waals surface area contributed by atoms with Gasteiger partial charge >= 0.3 is 0 Å². The van der Waals surface area contributed by atoms with Gasteiger partial charge in [-0.1, -0.05) is 24.6 Å². The highest BCUT2D eigenvalue weighted by atomic mass is 32.2. The molecule has 0 spiro atoms. The third-order valence-electron chi connectivity index (χ3n) is 6.41. The first-order chi connectivity index (χ1) is 14.8. The van der Waals surface area contributed by atoms with Crippen LogP contribution in [0.5, 0.6) is 0 Å². The van der Waals surface area contributed by atoms with E-state index in [1.165, 1.54) is 16.4 Å². The fraction of sp³-hybridized carbons (Fsp3) is 0.458. The van der Waals surface area contributed by atoms with Crippen molar-refractivity contribution in [3.63, 3.8) is 0 Å². The first-order valence-corrected chi connectivity index (χ1v) is 12.5. The minimum Gasteiger partial charge on any atom is -0.371 e. The molecule has 6 nitrogen and oxygen atoms in total. The number of piperidine rings is 1. The van der Waals surface area contributed by atoms with Gasteiger partial charge in [-0.2, -0.15) is 4.31 Å². The molecule has 31 heavy (non-hydrogen) atoms. The van der Waals surface area contributed by atoms with Crippen LogP contribution < -0.4 is 10.2 Å². The van der Waals surface area contributed by atoms with Gasteiger partial charge < -0.3 is 10.2 Å². The van der Waals surface area contributed by atoms with Crippen LogP contribution in [0.25, 0.3) is 0 Å². The Labute approximate surface area is 185 Å². The van der Waals surface area contributed by atoms with E-state index in [0.29, 0.717) is 30.8 Å². The molecule has 2 fully saturated rings. The molecule has 0 bridgehead atoms. The lowest BCUT2D eigenvalue weighted by Crippen LogP contribution is -2.41. The summed E-state index contributed by atoms with van der Waals surface area (Å²) in [6.07, 6.45) is 2.28. The van der Waals surface area contributed by atoms with E-state index in [2.05, 4.69) is 29.3 Å². The molecule has 0 aromatic heterocycles. The second-order valence-electron chi connectivity index (χ2n) is 8.87. The molecule has 0 saturated carbocycles. The number of carbonyl (C=O) groups is 1. The zero-order valence-corrected chi connectivity index (χ0v) is 19.1. The van der Waals surface area contributed by atoms with Crippen LogP contribution in [0.15, 0.2) is 53.4 Å². The van der Waals surface area contributed by atoms with Crippen LogP contribution in [-0.4, -0.2) is 44.8 Å². The number of amides is 1. The van der Waals surface area contributed by atoms with Gasteiger partial charge in [0.15, 0.2) is 0 Å². The van der Waals surface area contributed by atoms with Crippen molar-refractivity contribution in [2.24, 2.45) is 11.8 Å². The van der Waals surface area contributed by atoms with Crippen LogP contribution in [0, 0.1) is 18.8 Å². The molecular weight excluding hydrogens is 410 g/mol. The average molecular weight is 442 g/mol. The van der Waals surface area contributed by atoms with E-state index >= 15 is 0 Å². The Morgan fingerprint density at radius 1 is 0.935 bits per heavy atom. The van der Waals surface area contributed by atoms with Gasteiger partial charge in [0, 0.05) is 43.5 Å². The lowest BCUT2D eigenvalue weighted by molar-refractivity contribution is -0.120. The summed E-state index contributed by atoms with van der Waals surface area (Å²) in [5.74, 6) is 0.513. The molecule has 1 amide bonds. The number of rotatable bonds is 5. The molecule has 1 atom stereocenters. The summed E-state index contributed by atoms with van der Waals surface area (Å²) >= 11 is 0. The van der Waals surface area contributed by atoms with Crippen LogP contribution in [0.3, 0.4) is 0 Å². The molecule has 2 saturated heterocycles. The number of nitrogens with one attached hydrogen (secondary N) is 1. The SMILES string of the molecule is Cc1ccc(S(=O)(=O)N2CCC(C(=O)Nc3ccc(N4CCC(C)C4)cc3)CC2)cc1. The van der Waals surface area contributed by atoms with E-state index in [-0.39, 0.29) is 11.8 Å². The summed E-state index contributed by atoms with van der Waals surface area (Å²) in [4.78, 5) is 15.4. The van der Waals surface area contributed by atoms with E-state index in [9.17, 15) is 13.2 Å². The van der Waals surface area contributed by atoms with Crippen LogP contribution in [0.2, 0.25) is 0 Å². The van der Waals surface area contributed by atoms with Gasteiger partial charge in [-0.25, -0.2) is 8.42 Å². The Morgan fingerprint density at radius 2 is 1.58 bits per heavy atom. The van der Waals surface area contributed by atoms with E-state index in [1.807, 2.05) is 31.2 Å². The van der Waals surface area contributed by atoms with Crippen molar-refractivity contribution in [2.75, 3.05) is 36.4 Å². The number of sulfonamides is 1. The number of nitrogens with zero attached hydrogens (tertiary/aromatic N) is 2. The van der Waals surface area contributed by atoms with Crippen molar-refractivity contribution in [1.82, 2.24) is 4.31 Å². The third-order valence-corrected chi connectivity index (χ3v) is 8.32. The van der Waals surface area contributed by atoms with Crippen LogP contribution >= 0.6 is 0 Å². The van der Waals surface area contributed by atoms with E-state index in [1.54, 1.807) is 12.1 Å². The highest BCUT2D eigenvalue weighted by Crippen LogP contribution is 2.27. The summed E-state index contributed by atoms with van der Waals surface area (Å²) in [5.41, 5.74) is 3.00. The van der Waals surface area contributed by atoms with Gasteiger partial charge in [0.25, 0.3) is 0 Å². The number of aryl methyl sites for hydroxylation is 1. The highest BCUT2D eigenvalue weighted by Gasteiger charge is 2.32. The van der Waals surface area contributed by atoms with E-state index in [4.69, 9.17) is 0 Å². The summed E-state index contributed by atoms with van der Waals surface area (Å²) in [5, 5.41) is 3.00. The van der Waals surface area contributed by atoms with Crippen LogP contribution in [-0.2, 0) is 14.8 Å². The maximum absolute atomic E-state index is 12.8. The molecule has 2 aliphatic rings. The Kier molecular flexibility index (Phi) is 6.34.